The summed E-state index contributed by atoms with van der Waals surface area (Å²) < 4.78 is 0. The third-order valence-corrected chi connectivity index (χ3v) is 2.11. The van der Waals surface area contributed by atoms with Gasteiger partial charge in [0, 0.05) is 21.6 Å². The first-order valence-electron chi connectivity index (χ1n) is 1.73. The van der Waals surface area contributed by atoms with Gasteiger partial charge in [-0.1, -0.05) is 0 Å². The summed E-state index contributed by atoms with van der Waals surface area (Å²) >= 11 is 0. The molecule has 11 heavy (non-hydrogen) atoms. The van der Waals surface area contributed by atoms with Crippen molar-refractivity contribution < 1.29 is 64.2 Å². The lowest BCUT2D eigenvalue weighted by Crippen LogP contribution is -3.00. The van der Waals surface area contributed by atoms with Crippen LogP contribution in [-0.4, -0.2) is 15.8 Å². The molecule has 70 valence electrons. The Hall–Kier alpha value is 1.06. The third-order valence-electron chi connectivity index (χ3n) is 0.234. The molecule has 0 bridgehead atoms. The predicted octanol–water partition coefficient (Wildman–Crippen LogP) is -10.3. The second-order valence-corrected chi connectivity index (χ2v) is 3.25. The minimum atomic E-state index is 0. The summed E-state index contributed by atoms with van der Waals surface area (Å²) in [5, 5.41) is 10.6. The Labute approximate surface area is 107 Å². The van der Waals surface area contributed by atoms with E-state index in [1.54, 1.807) is 0 Å². The summed E-state index contributed by atoms with van der Waals surface area (Å²) in [4.78, 5) is 0. The molecule has 0 radical (unpaired) electrons. The van der Waals surface area contributed by atoms with E-state index in [9.17, 15) is 0 Å². The standard InChI is InChI=1S/C2H6N4S2.2HI.H2O/c3-1(4)7-8-2(5)6;;;/h(H3,3,4)(H3,5,6);2*1H;1H2. The van der Waals surface area contributed by atoms with E-state index in [-0.39, 0.29) is 63.8 Å². The molecule has 0 saturated heterocycles. The van der Waals surface area contributed by atoms with E-state index in [1.165, 1.54) is 0 Å². The highest BCUT2D eigenvalue weighted by molar-refractivity contribution is 8.87. The molecule has 0 aliphatic rings. The van der Waals surface area contributed by atoms with Crippen molar-refractivity contribution in [1.29, 1.82) is 0 Å². The smallest absolute Gasteiger partial charge is 0.311 e. The van der Waals surface area contributed by atoms with Crippen molar-refractivity contribution in [1.82, 2.24) is 0 Å². The van der Waals surface area contributed by atoms with Crippen LogP contribution in [0.5, 0.6) is 0 Å². The van der Waals surface area contributed by atoms with E-state index in [0.717, 1.165) is 21.6 Å². The van der Waals surface area contributed by atoms with Gasteiger partial charge in [-0.15, -0.1) is 0 Å². The number of hydrogen-bond donors (Lipinski definition) is 4. The van der Waals surface area contributed by atoms with E-state index < -0.39 is 0 Å². The molecule has 5 nitrogen and oxygen atoms in total. The Kier molecular flexibility index (Phi) is 28.2. The molecule has 0 aliphatic carbocycles. The van der Waals surface area contributed by atoms with Crippen LogP contribution in [0.4, 0.5) is 0 Å². The third kappa shape index (κ3) is 24.7. The average Bonchev–Trinajstić information content (AvgIpc) is 1.61. The van der Waals surface area contributed by atoms with E-state index >= 15 is 0 Å². The molecule has 0 aromatic heterocycles. The molecule has 0 aromatic carbocycles. The second kappa shape index (κ2) is 13.6. The highest BCUT2D eigenvalue weighted by Gasteiger charge is 2.01. The predicted molar refractivity (Wildman–Crippen MR) is 41.0 cm³/mol. The van der Waals surface area contributed by atoms with Gasteiger partial charge in [0.05, 0.1) is 0 Å². The number of rotatable bonds is 0. The molecule has 0 aliphatic heterocycles. The summed E-state index contributed by atoms with van der Waals surface area (Å²) in [6.45, 7) is 0. The van der Waals surface area contributed by atoms with Gasteiger partial charge in [0.25, 0.3) is 0 Å². The molecular weight excluding hydrogens is 414 g/mol. The lowest BCUT2D eigenvalue weighted by molar-refractivity contribution is -0.111. The van der Waals surface area contributed by atoms with Crippen molar-refractivity contribution in [3.8, 4) is 0 Å². The zero-order valence-electron chi connectivity index (χ0n) is 5.38. The molecule has 0 atom stereocenters. The van der Waals surface area contributed by atoms with Crippen LogP contribution in [0.25, 0.3) is 0 Å². The summed E-state index contributed by atoms with van der Waals surface area (Å²) in [7, 11) is 2.28. The van der Waals surface area contributed by atoms with Gasteiger partial charge in [-0.3, -0.25) is 22.3 Å². The Balaban J connectivity index is -0.0000000817. The summed E-state index contributed by atoms with van der Waals surface area (Å²) in [5.41, 5.74) is 10.1. The maximum atomic E-state index is 5.05. The largest absolute Gasteiger partial charge is 1.00 e. The fraction of sp³-hybridized carbons (Fsp3) is 0. The van der Waals surface area contributed by atoms with E-state index in [0.29, 0.717) is 0 Å². The lowest BCUT2D eigenvalue weighted by atomic mass is 11.4. The average molecular weight is 424 g/mol. The number of hydrogen-bond acceptors (Lipinski definition) is 2. The fourth-order valence-corrected chi connectivity index (χ4v) is 0.866. The fourth-order valence-electron chi connectivity index (χ4n) is 0.0962. The Morgan fingerprint density at radius 1 is 0.909 bits per heavy atom. The Bertz CT molecular complexity index is 109. The van der Waals surface area contributed by atoms with Gasteiger partial charge >= 0.3 is 10.3 Å². The number of nitrogens with two attached hydrogens (primary N) is 4. The molecular formula is C2H10I2N4OS2. The van der Waals surface area contributed by atoms with Crippen molar-refractivity contribution in [2.75, 3.05) is 0 Å². The zero-order chi connectivity index (χ0) is 6.57. The quantitative estimate of drug-likeness (QED) is 0.133. The number of amidine groups is 2. The monoisotopic (exact) mass is 424 g/mol. The molecule has 10 N–H and O–H groups in total. The lowest BCUT2D eigenvalue weighted by Gasteiger charge is -1.82. The van der Waals surface area contributed by atoms with Gasteiger partial charge < -0.3 is 53.4 Å². The SMILES string of the molecule is NC(=[NH2+])SSC(N)=[NH2+].O.[I-].[I-]. The van der Waals surface area contributed by atoms with Crippen molar-refractivity contribution >= 4 is 31.9 Å². The van der Waals surface area contributed by atoms with Crippen molar-refractivity contribution in [2.24, 2.45) is 11.5 Å². The van der Waals surface area contributed by atoms with Gasteiger partial charge in [-0.2, -0.15) is 0 Å². The molecule has 0 rings (SSSR count). The molecule has 9 heteroatoms. The Morgan fingerprint density at radius 3 is 1.18 bits per heavy atom. The highest BCUT2D eigenvalue weighted by atomic mass is 127. The first kappa shape index (κ1) is 22.7. The van der Waals surface area contributed by atoms with E-state index in [4.69, 9.17) is 22.3 Å². The summed E-state index contributed by atoms with van der Waals surface area (Å²) in [5.74, 6) is 0. The molecule has 0 aromatic rings. The maximum Gasteiger partial charge on any atom is 0.311 e. The molecule has 0 spiro atoms. The zero-order valence-corrected chi connectivity index (χ0v) is 11.3. The van der Waals surface area contributed by atoms with E-state index in [2.05, 4.69) is 0 Å². The van der Waals surface area contributed by atoms with Crippen molar-refractivity contribution in [3.05, 3.63) is 0 Å². The van der Waals surface area contributed by atoms with E-state index in [1.807, 2.05) is 0 Å². The van der Waals surface area contributed by atoms with Crippen LogP contribution < -0.4 is 70.2 Å². The highest BCUT2D eigenvalue weighted by Crippen LogP contribution is 2.15. The van der Waals surface area contributed by atoms with Crippen molar-refractivity contribution in [3.63, 3.8) is 0 Å². The van der Waals surface area contributed by atoms with Crippen molar-refractivity contribution in [2.45, 2.75) is 0 Å². The molecule has 0 unspecified atom stereocenters. The summed E-state index contributed by atoms with van der Waals surface area (Å²) in [6, 6.07) is 0. The van der Waals surface area contributed by atoms with Crippen LogP contribution in [0.1, 0.15) is 0 Å². The topological polar surface area (TPSA) is 135 Å². The maximum absolute atomic E-state index is 5.05. The van der Waals surface area contributed by atoms with Gasteiger partial charge in [-0.05, 0) is 0 Å². The second-order valence-electron chi connectivity index (χ2n) is 0.971. The summed E-state index contributed by atoms with van der Waals surface area (Å²) in [6.07, 6.45) is 0. The normalized spacial score (nSPS) is 6.18. The van der Waals surface area contributed by atoms with Gasteiger partial charge in [0.1, 0.15) is 0 Å². The molecule has 0 fully saturated rings. The first-order chi connectivity index (χ1) is 3.63. The van der Waals surface area contributed by atoms with Crippen LogP contribution in [0.3, 0.4) is 0 Å². The minimum absolute atomic E-state index is 0. The van der Waals surface area contributed by atoms with Crippen LogP contribution in [0, 0.1) is 0 Å². The van der Waals surface area contributed by atoms with Crippen LogP contribution >= 0.6 is 21.6 Å². The van der Waals surface area contributed by atoms with Gasteiger partial charge in [0.2, 0.25) is 0 Å². The van der Waals surface area contributed by atoms with Gasteiger partial charge in [0.15, 0.2) is 0 Å². The minimum Gasteiger partial charge on any atom is -1.00 e. The number of halogens is 2. The first-order valence-corrected chi connectivity index (χ1v) is 3.88. The molecule has 0 heterocycles. The van der Waals surface area contributed by atoms with Crippen LogP contribution in [0.15, 0.2) is 0 Å². The van der Waals surface area contributed by atoms with Gasteiger partial charge in [-0.25, -0.2) is 0 Å². The molecule has 0 amide bonds. The van der Waals surface area contributed by atoms with Crippen LogP contribution in [0.2, 0.25) is 0 Å². The molecule has 0 saturated carbocycles. The van der Waals surface area contributed by atoms with Crippen LogP contribution in [-0.2, 0) is 0 Å². The Morgan fingerprint density at radius 2 is 1.09 bits per heavy atom.